The molecule has 0 atom stereocenters. The molecule has 0 saturated carbocycles. The first-order valence-corrected chi connectivity index (χ1v) is 9.82. The van der Waals surface area contributed by atoms with Crippen LogP contribution in [0, 0.1) is 12.7 Å². The van der Waals surface area contributed by atoms with E-state index in [4.69, 9.17) is 0 Å². The monoisotopic (exact) mass is 391 g/mol. The summed E-state index contributed by atoms with van der Waals surface area (Å²) in [5.74, 6) is -0.928. The molecule has 2 N–H and O–H groups in total. The number of benzene rings is 2. The number of hydrogen-bond donors (Lipinski definition) is 2. The molecule has 0 aliphatic heterocycles. The molecule has 1 aromatic heterocycles. The van der Waals surface area contributed by atoms with E-state index in [2.05, 4.69) is 15.0 Å². The van der Waals surface area contributed by atoms with Crippen LogP contribution in [0.1, 0.15) is 16.1 Å². The average molecular weight is 391 g/mol. The topological polar surface area (TPSA) is 88.2 Å². The molecular weight excluding hydrogens is 377 g/mol. The maximum Gasteiger partial charge on any atom is 0.261 e. The van der Waals surface area contributed by atoms with Crippen molar-refractivity contribution in [1.29, 1.82) is 0 Å². The van der Waals surface area contributed by atoms with Crippen LogP contribution < -0.4 is 10.0 Å². The van der Waals surface area contributed by atoms with Crippen LogP contribution in [0.2, 0.25) is 0 Å². The molecule has 0 aliphatic rings. The lowest BCUT2D eigenvalue weighted by Gasteiger charge is -2.09. The lowest BCUT2D eigenvalue weighted by molar-refractivity contribution is 0.102. The number of aromatic nitrogens is 1. The highest BCUT2D eigenvalue weighted by atomic mass is 32.2. The molecule has 3 aromatic rings. The number of aryl methyl sites for hydroxylation is 1. The van der Waals surface area contributed by atoms with Crippen molar-refractivity contribution in [3.05, 3.63) is 71.0 Å². The highest BCUT2D eigenvalue weighted by molar-refractivity contribution is 7.92. The zero-order chi connectivity index (χ0) is 18.7. The number of nitrogens with one attached hydrogen (secondary N) is 2. The molecule has 0 bridgehead atoms. The second-order valence-electron chi connectivity index (χ2n) is 5.39. The fraction of sp³-hybridized carbons (Fsp3) is 0.0588. The fourth-order valence-electron chi connectivity index (χ4n) is 2.12. The van der Waals surface area contributed by atoms with Crippen molar-refractivity contribution >= 4 is 38.1 Å². The van der Waals surface area contributed by atoms with E-state index in [1.165, 1.54) is 47.7 Å². The van der Waals surface area contributed by atoms with Gasteiger partial charge in [-0.1, -0.05) is 6.07 Å². The van der Waals surface area contributed by atoms with Gasteiger partial charge in [-0.3, -0.25) is 14.8 Å². The number of carbonyl (C=O) groups is 1. The number of amides is 1. The van der Waals surface area contributed by atoms with Crippen LogP contribution in [-0.2, 0) is 10.0 Å². The number of sulfonamides is 1. The summed E-state index contributed by atoms with van der Waals surface area (Å²) in [6.45, 7) is 1.81. The summed E-state index contributed by atoms with van der Waals surface area (Å²) in [7, 11) is -3.92. The third kappa shape index (κ3) is 4.24. The van der Waals surface area contributed by atoms with E-state index in [0.29, 0.717) is 5.13 Å². The summed E-state index contributed by atoms with van der Waals surface area (Å²) in [6, 6.07) is 10.5. The smallest absolute Gasteiger partial charge is 0.261 e. The van der Waals surface area contributed by atoms with Crippen LogP contribution in [0.5, 0.6) is 0 Å². The van der Waals surface area contributed by atoms with Crippen LogP contribution in [0.3, 0.4) is 0 Å². The maximum atomic E-state index is 12.9. The molecule has 0 radical (unpaired) electrons. The second kappa shape index (κ2) is 7.22. The van der Waals surface area contributed by atoms with Crippen molar-refractivity contribution in [2.45, 2.75) is 11.8 Å². The molecule has 0 saturated heterocycles. The van der Waals surface area contributed by atoms with E-state index in [1.54, 1.807) is 12.3 Å². The number of halogens is 1. The van der Waals surface area contributed by atoms with Gasteiger partial charge in [-0.25, -0.2) is 17.8 Å². The molecule has 2 aromatic carbocycles. The van der Waals surface area contributed by atoms with Gasteiger partial charge in [0, 0.05) is 16.6 Å². The van der Waals surface area contributed by atoms with Crippen LogP contribution in [0.15, 0.2) is 58.8 Å². The summed E-state index contributed by atoms with van der Waals surface area (Å²) in [4.78, 5) is 16.4. The van der Waals surface area contributed by atoms with Crippen molar-refractivity contribution in [3.8, 4) is 0 Å². The van der Waals surface area contributed by atoms with Gasteiger partial charge < -0.3 is 0 Å². The van der Waals surface area contributed by atoms with Crippen molar-refractivity contribution in [2.24, 2.45) is 0 Å². The van der Waals surface area contributed by atoms with Gasteiger partial charge in [-0.05, 0) is 49.4 Å². The quantitative estimate of drug-likeness (QED) is 0.695. The number of thiazole rings is 1. The van der Waals surface area contributed by atoms with E-state index >= 15 is 0 Å². The Labute approximate surface area is 153 Å². The highest BCUT2D eigenvalue weighted by Gasteiger charge is 2.17. The normalized spacial score (nSPS) is 11.2. The number of nitrogens with zero attached hydrogens (tertiary/aromatic N) is 1. The first-order chi connectivity index (χ1) is 12.3. The Morgan fingerprint density at radius 1 is 1.15 bits per heavy atom. The minimum absolute atomic E-state index is 0.0789. The largest absolute Gasteiger partial charge is 0.298 e. The Morgan fingerprint density at radius 3 is 2.54 bits per heavy atom. The van der Waals surface area contributed by atoms with Gasteiger partial charge in [0.15, 0.2) is 5.13 Å². The molecule has 3 rings (SSSR count). The Kier molecular flexibility index (Phi) is 5.01. The highest BCUT2D eigenvalue weighted by Crippen LogP contribution is 2.19. The van der Waals surface area contributed by atoms with Gasteiger partial charge in [0.1, 0.15) is 5.82 Å². The van der Waals surface area contributed by atoms with E-state index in [-0.39, 0.29) is 16.1 Å². The molecule has 0 aliphatic carbocycles. The van der Waals surface area contributed by atoms with Gasteiger partial charge in [-0.2, -0.15) is 0 Å². The molecule has 0 unspecified atom stereocenters. The Balaban J connectivity index is 1.81. The first-order valence-electron chi connectivity index (χ1n) is 7.45. The molecule has 134 valence electrons. The van der Waals surface area contributed by atoms with Gasteiger partial charge in [0.05, 0.1) is 10.6 Å². The summed E-state index contributed by atoms with van der Waals surface area (Å²) in [5.41, 5.74) is 1.18. The maximum absolute atomic E-state index is 12.9. The Morgan fingerprint density at radius 2 is 1.88 bits per heavy atom. The molecule has 0 spiro atoms. The first kappa shape index (κ1) is 18.0. The Bertz CT molecular complexity index is 1050. The van der Waals surface area contributed by atoms with E-state index in [1.807, 2.05) is 0 Å². The standard InChI is InChI=1S/C17H14FN3O3S2/c1-11-10-25-17(19-11)20-16(22)12-3-2-4-15(9-12)26(23,24)21-14-7-5-13(18)6-8-14/h2-10,21H,1H3,(H,19,20,22). The summed E-state index contributed by atoms with van der Waals surface area (Å²) >= 11 is 1.28. The van der Waals surface area contributed by atoms with Crippen LogP contribution in [-0.4, -0.2) is 19.3 Å². The number of hydrogen-bond acceptors (Lipinski definition) is 5. The number of rotatable bonds is 5. The molecule has 1 heterocycles. The lowest BCUT2D eigenvalue weighted by Crippen LogP contribution is -2.16. The molecule has 26 heavy (non-hydrogen) atoms. The van der Waals surface area contributed by atoms with Crippen LogP contribution in [0.25, 0.3) is 0 Å². The van der Waals surface area contributed by atoms with E-state index < -0.39 is 21.7 Å². The minimum atomic E-state index is -3.92. The van der Waals surface area contributed by atoms with E-state index in [0.717, 1.165) is 17.8 Å². The molecule has 6 nitrogen and oxygen atoms in total. The summed E-state index contributed by atoms with van der Waals surface area (Å²) < 4.78 is 40.2. The number of carbonyl (C=O) groups excluding carboxylic acids is 1. The van der Waals surface area contributed by atoms with Gasteiger partial charge in [-0.15, -0.1) is 11.3 Å². The molecular formula is C17H14FN3O3S2. The Hall–Kier alpha value is -2.78. The second-order valence-corrected chi connectivity index (χ2v) is 7.93. The van der Waals surface area contributed by atoms with Gasteiger partial charge in [0.2, 0.25) is 0 Å². The fourth-order valence-corrected chi connectivity index (χ4v) is 3.90. The summed E-state index contributed by atoms with van der Waals surface area (Å²) in [6.07, 6.45) is 0. The van der Waals surface area contributed by atoms with Crippen molar-refractivity contribution < 1.29 is 17.6 Å². The van der Waals surface area contributed by atoms with Crippen LogP contribution >= 0.6 is 11.3 Å². The predicted octanol–water partition coefficient (Wildman–Crippen LogP) is 3.64. The minimum Gasteiger partial charge on any atom is -0.298 e. The van der Waals surface area contributed by atoms with Crippen LogP contribution in [0.4, 0.5) is 15.2 Å². The third-order valence-electron chi connectivity index (χ3n) is 3.34. The number of anilines is 2. The van der Waals surface area contributed by atoms with Crippen molar-refractivity contribution in [1.82, 2.24) is 4.98 Å². The molecule has 9 heteroatoms. The zero-order valence-corrected chi connectivity index (χ0v) is 15.2. The van der Waals surface area contributed by atoms with Gasteiger partial charge in [0.25, 0.3) is 15.9 Å². The van der Waals surface area contributed by atoms with E-state index in [9.17, 15) is 17.6 Å². The van der Waals surface area contributed by atoms with Crippen molar-refractivity contribution in [3.63, 3.8) is 0 Å². The molecule has 0 fully saturated rings. The lowest BCUT2D eigenvalue weighted by atomic mass is 10.2. The van der Waals surface area contributed by atoms with Gasteiger partial charge >= 0.3 is 0 Å². The predicted molar refractivity (Wildman–Crippen MR) is 98.5 cm³/mol. The third-order valence-corrected chi connectivity index (χ3v) is 5.60. The summed E-state index contributed by atoms with van der Waals surface area (Å²) in [5, 5.41) is 4.86. The SMILES string of the molecule is Cc1csc(NC(=O)c2cccc(S(=O)(=O)Nc3ccc(F)cc3)c2)n1. The molecule has 1 amide bonds. The average Bonchev–Trinajstić information content (AvgIpc) is 3.02. The zero-order valence-electron chi connectivity index (χ0n) is 13.6. The van der Waals surface area contributed by atoms with Crippen molar-refractivity contribution in [2.75, 3.05) is 10.0 Å².